The highest BCUT2D eigenvalue weighted by molar-refractivity contribution is 5.85. The van der Waals surface area contributed by atoms with E-state index in [0.29, 0.717) is 12.6 Å². The van der Waals surface area contributed by atoms with E-state index in [0.717, 1.165) is 24.5 Å². The van der Waals surface area contributed by atoms with Crippen LogP contribution in [-0.2, 0) is 11.3 Å². The average Bonchev–Trinajstić information content (AvgIpc) is 2.42. The third-order valence-electron chi connectivity index (χ3n) is 3.09. The molecule has 1 aromatic heterocycles. The van der Waals surface area contributed by atoms with Crippen molar-refractivity contribution >= 4 is 30.7 Å². The van der Waals surface area contributed by atoms with E-state index in [1.807, 2.05) is 31.9 Å². The molecule has 1 amide bonds. The topological polar surface area (TPSA) is 50.2 Å². The predicted octanol–water partition coefficient (Wildman–Crippen LogP) is 0.774. The van der Waals surface area contributed by atoms with Crippen LogP contribution in [-0.4, -0.2) is 46.8 Å². The maximum Gasteiger partial charge on any atom is 0.244 e. The van der Waals surface area contributed by atoms with Gasteiger partial charge in [0.15, 0.2) is 0 Å². The Labute approximate surface area is 120 Å². The standard InChI is InChI=1S/C11H18N4O.2ClH/c1-8-4-9(2)15(13-8)7-11(16)14(3)10-5-12-6-10;;/h4,10,12H,5-7H2,1-3H3;2*1H. The van der Waals surface area contributed by atoms with Gasteiger partial charge in [-0.05, 0) is 19.9 Å². The van der Waals surface area contributed by atoms with Gasteiger partial charge in [0.05, 0.1) is 11.7 Å². The minimum atomic E-state index is 0. The fourth-order valence-corrected chi connectivity index (χ4v) is 1.83. The van der Waals surface area contributed by atoms with E-state index in [2.05, 4.69) is 10.4 Å². The van der Waals surface area contributed by atoms with Crippen LogP contribution in [0.5, 0.6) is 0 Å². The van der Waals surface area contributed by atoms with E-state index in [1.54, 1.807) is 4.68 Å². The minimum absolute atomic E-state index is 0. The second-order valence-corrected chi connectivity index (χ2v) is 4.40. The van der Waals surface area contributed by atoms with Gasteiger partial charge in [-0.25, -0.2) is 0 Å². The average molecular weight is 295 g/mol. The number of hydrogen-bond acceptors (Lipinski definition) is 3. The fraction of sp³-hybridized carbons (Fsp3) is 0.636. The minimum Gasteiger partial charge on any atom is -0.339 e. The number of aromatic nitrogens is 2. The van der Waals surface area contributed by atoms with Crippen molar-refractivity contribution in [3.63, 3.8) is 0 Å². The maximum absolute atomic E-state index is 11.9. The van der Waals surface area contributed by atoms with Crippen molar-refractivity contribution in [1.82, 2.24) is 20.0 Å². The van der Waals surface area contributed by atoms with E-state index in [1.165, 1.54) is 0 Å². The summed E-state index contributed by atoms with van der Waals surface area (Å²) in [4.78, 5) is 13.8. The lowest BCUT2D eigenvalue weighted by Gasteiger charge is -2.35. The van der Waals surface area contributed by atoms with Gasteiger partial charge in [0.25, 0.3) is 0 Å². The van der Waals surface area contributed by atoms with Gasteiger partial charge in [-0.15, -0.1) is 24.8 Å². The number of halogens is 2. The summed E-state index contributed by atoms with van der Waals surface area (Å²) < 4.78 is 1.76. The molecule has 1 fully saturated rings. The van der Waals surface area contributed by atoms with Gasteiger partial charge < -0.3 is 10.2 Å². The first kappa shape index (κ1) is 17.2. The van der Waals surface area contributed by atoms with Crippen LogP contribution in [0, 0.1) is 13.8 Å². The quantitative estimate of drug-likeness (QED) is 0.896. The molecule has 5 nitrogen and oxygen atoms in total. The SMILES string of the molecule is Cc1cc(C)n(CC(=O)N(C)C2CNC2)n1.Cl.Cl. The molecule has 1 N–H and O–H groups in total. The Balaban J connectivity index is 0.00000144. The number of rotatable bonds is 3. The zero-order valence-electron chi connectivity index (χ0n) is 10.8. The molecule has 1 aromatic rings. The molecule has 0 bridgehead atoms. The van der Waals surface area contributed by atoms with Gasteiger partial charge in [0.1, 0.15) is 6.54 Å². The Morgan fingerprint density at radius 3 is 2.50 bits per heavy atom. The number of carbonyl (C=O) groups is 1. The maximum atomic E-state index is 11.9. The molecule has 0 aliphatic carbocycles. The molecule has 1 aliphatic heterocycles. The van der Waals surface area contributed by atoms with Crippen LogP contribution in [0.25, 0.3) is 0 Å². The molecule has 18 heavy (non-hydrogen) atoms. The normalized spacial score (nSPS) is 14.2. The molecular weight excluding hydrogens is 275 g/mol. The molecule has 0 radical (unpaired) electrons. The summed E-state index contributed by atoms with van der Waals surface area (Å²) in [6.45, 7) is 6.05. The van der Waals surface area contributed by atoms with Gasteiger partial charge in [-0.1, -0.05) is 0 Å². The Morgan fingerprint density at radius 2 is 2.11 bits per heavy atom. The summed E-state index contributed by atoms with van der Waals surface area (Å²) in [6.07, 6.45) is 0. The second-order valence-electron chi connectivity index (χ2n) is 4.40. The van der Waals surface area contributed by atoms with Gasteiger partial charge in [0.2, 0.25) is 5.91 Å². The zero-order chi connectivity index (χ0) is 11.7. The number of hydrogen-bond donors (Lipinski definition) is 1. The van der Waals surface area contributed by atoms with Crippen molar-refractivity contribution in [2.45, 2.75) is 26.4 Å². The fourth-order valence-electron chi connectivity index (χ4n) is 1.83. The third-order valence-corrected chi connectivity index (χ3v) is 3.09. The first-order valence-electron chi connectivity index (χ1n) is 5.55. The molecule has 104 valence electrons. The molecule has 1 saturated heterocycles. The highest BCUT2D eigenvalue weighted by Gasteiger charge is 2.25. The van der Waals surface area contributed by atoms with Gasteiger partial charge >= 0.3 is 0 Å². The molecule has 0 aromatic carbocycles. The molecule has 7 heteroatoms. The monoisotopic (exact) mass is 294 g/mol. The van der Waals surface area contributed by atoms with Crippen molar-refractivity contribution in [2.75, 3.05) is 20.1 Å². The van der Waals surface area contributed by atoms with Crippen LogP contribution in [0.1, 0.15) is 11.4 Å². The van der Waals surface area contributed by atoms with E-state index in [-0.39, 0.29) is 30.7 Å². The predicted molar refractivity (Wildman–Crippen MR) is 75.6 cm³/mol. The van der Waals surface area contributed by atoms with Gasteiger partial charge in [-0.3, -0.25) is 9.48 Å². The lowest BCUT2D eigenvalue weighted by molar-refractivity contribution is -0.133. The Hall–Kier alpha value is -0.780. The summed E-state index contributed by atoms with van der Waals surface area (Å²) in [5.41, 5.74) is 1.99. The van der Waals surface area contributed by atoms with Gasteiger partial charge in [0, 0.05) is 25.8 Å². The molecule has 0 unspecified atom stereocenters. The number of nitrogens with zero attached hydrogens (tertiary/aromatic N) is 3. The second kappa shape index (κ2) is 6.97. The van der Waals surface area contributed by atoms with E-state index >= 15 is 0 Å². The Morgan fingerprint density at radius 1 is 1.50 bits per heavy atom. The number of carbonyl (C=O) groups excluding carboxylic acids is 1. The third kappa shape index (κ3) is 3.60. The summed E-state index contributed by atoms with van der Waals surface area (Å²) in [7, 11) is 1.86. The first-order valence-corrected chi connectivity index (χ1v) is 5.55. The number of likely N-dealkylation sites (N-methyl/N-ethyl adjacent to an activating group) is 1. The summed E-state index contributed by atoms with van der Waals surface area (Å²) in [5, 5.41) is 7.45. The van der Waals surface area contributed by atoms with Crippen LogP contribution in [0.2, 0.25) is 0 Å². The largest absolute Gasteiger partial charge is 0.339 e. The van der Waals surface area contributed by atoms with Crippen LogP contribution in [0.4, 0.5) is 0 Å². The molecule has 1 aliphatic rings. The van der Waals surface area contributed by atoms with Crippen LogP contribution >= 0.6 is 24.8 Å². The molecular formula is C11H20Cl2N4O. The van der Waals surface area contributed by atoms with E-state index < -0.39 is 0 Å². The van der Waals surface area contributed by atoms with Gasteiger partial charge in [-0.2, -0.15) is 5.10 Å². The van der Waals surface area contributed by atoms with Crippen molar-refractivity contribution in [2.24, 2.45) is 0 Å². The molecule has 0 atom stereocenters. The van der Waals surface area contributed by atoms with Crippen molar-refractivity contribution in [3.05, 3.63) is 17.5 Å². The van der Waals surface area contributed by atoms with Crippen molar-refractivity contribution in [3.8, 4) is 0 Å². The summed E-state index contributed by atoms with van der Waals surface area (Å²) >= 11 is 0. The first-order chi connectivity index (χ1) is 7.58. The molecule has 2 rings (SSSR count). The van der Waals surface area contributed by atoms with E-state index in [9.17, 15) is 4.79 Å². The zero-order valence-corrected chi connectivity index (χ0v) is 12.5. The highest BCUT2D eigenvalue weighted by atomic mass is 35.5. The Bertz CT molecular complexity index is 404. The highest BCUT2D eigenvalue weighted by Crippen LogP contribution is 2.06. The smallest absolute Gasteiger partial charge is 0.244 e. The van der Waals surface area contributed by atoms with Crippen LogP contribution in [0.3, 0.4) is 0 Å². The number of aryl methyl sites for hydroxylation is 2. The number of nitrogens with one attached hydrogen (secondary N) is 1. The summed E-state index contributed by atoms with van der Waals surface area (Å²) in [5.74, 6) is 0.123. The Kier molecular flexibility index (Phi) is 6.67. The molecule has 2 heterocycles. The number of amides is 1. The molecule has 0 spiro atoms. The van der Waals surface area contributed by atoms with Crippen LogP contribution < -0.4 is 5.32 Å². The van der Waals surface area contributed by atoms with Crippen molar-refractivity contribution in [1.29, 1.82) is 0 Å². The van der Waals surface area contributed by atoms with E-state index in [4.69, 9.17) is 0 Å². The molecule has 0 saturated carbocycles. The van der Waals surface area contributed by atoms with Crippen molar-refractivity contribution < 1.29 is 4.79 Å². The van der Waals surface area contributed by atoms with Crippen LogP contribution in [0.15, 0.2) is 6.07 Å². The lowest BCUT2D eigenvalue weighted by Crippen LogP contribution is -2.58. The summed E-state index contributed by atoms with van der Waals surface area (Å²) in [6, 6.07) is 2.34. The lowest BCUT2D eigenvalue weighted by atomic mass is 10.1.